The van der Waals surface area contributed by atoms with Gasteiger partial charge in [0.1, 0.15) is 11.5 Å². The van der Waals surface area contributed by atoms with E-state index in [1.54, 1.807) is 12.1 Å². The molecule has 3 nitrogen and oxygen atoms in total. The molecule has 0 saturated carbocycles. The van der Waals surface area contributed by atoms with Crippen molar-refractivity contribution in [3.63, 3.8) is 0 Å². The van der Waals surface area contributed by atoms with E-state index in [0.29, 0.717) is 12.2 Å². The minimum absolute atomic E-state index is 0.196. The molecule has 2 rings (SSSR count). The van der Waals surface area contributed by atoms with Crippen LogP contribution >= 0.6 is 11.8 Å². The number of esters is 1. The Kier molecular flexibility index (Phi) is 4.30. The van der Waals surface area contributed by atoms with E-state index in [2.05, 4.69) is 0 Å². The van der Waals surface area contributed by atoms with Crippen LogP contribution in [0.5, 0.6) is 0 Å². The van der Waals surface area contributed by atoms with Crippen molar-refractivity contribution < 1.29 is 14.6 Å². The van der Waals surface area contributed by atoms with Crippen molar-refractivity contribution in [3.8, 4) is 0 Å². The van der Waals surface area contributed by atoms with Gasteiger partial charge in [-0.15, -0.1) is 11.8 Å². The first-order valence-corrected chi connectivity index (χ1v) is 7.07. The van der Waals surface area contributed by atoms with Gasteiger partial charge < -0.3 is 9.84 Å². The van der Waals surface area contributed by atoms with Crippen LogP contribution in [0.1, 0.15) is 36.5 Å². The Morgan fingerprint density at radius 3 is 2.89 bits per heavy atom. The summed E-state index contributed by atoms with van der Waals surface area (Å²) in [5.74, 6) is -0.290. The average Bonchev–Trinajstić information content (AvgIpc) is 2.36. The largest absolute Gasteiger partial charge is 0.461 e. The molecular weight excluding hydrogens is 248 g/mol. The average molecular weight is 266 g/mol. The molecule has 0 spiro atoms. The number of carbonyl (C=O) groups excluding carboxylic acids is 1. The molecule has 98 valence electrons. The van der Waals surface area contributed by atoms with E-state index < -0.39 is 4.93 Å². The van der Waals surface area contributed by atoms with Gasteiger partial charge in [0.15, 0.2) is 0 Å². The van der Waals surface area contributed by atoms with Crippen LogP contribution in [0, 0.1) is 0 Å². The number of ether oxygens (including phenoxy) is 1. The molecule has 1 heterocycles. The molecule has 4 heteroatoms. The molecule has 0 amide bonds. The van der Waals surface area contributed by atoms with Crippen LogP contribution in [0.25, 0.3) is 0 Å². The van der Waals surface area contributed by atoms with Crippen LogP contribution in [0.15, 0.2) is 30.3 Å². The zero-order valence-corrected chi connectivity index (χ0v) is 11.3. The van der Waals surface area contributed by atoms with E-state index in [9.17, 15) is 9.90 Å². The number of hydrogen-bond acceptors (Lipinski definition) is 4. The van der Waals surface area contributed by atoms with Crippen molar-refractivity contribution in [2.45, 2.75) is 36.4 Å². The Morgan fingerprint density at radius 2 is 2.22 bits per heavy atom. The molecule has 0 radical (unpaired) electrons. The smallest absolute Gasteiger partial charge is 0.338 e. The summed E-state index contributed by atoms with van der Waals surface area (Å²) in [7, 11) is 0. The third-order valence-corrected chi connectivity index (χ3v) is 4.41. The SMILES string of the molecule is CC1(O)CCCC(COC(=O)c2ccccc2)S1. The number of benzene rings is 1. The second-order valence-corrected chi connectivity index (χ2v) is 6.55. The summed E-state index contributed by atoms with van der Waals surface area (Å²) >= 11 is 1.50. The number of aliphatic hydroxyl groups is 1. The Hall–Kier alpha value is -1.00. The Bertz CT molecular complexity index is 403. The van der Waals surface area contributed by atoms with Crippen molar-refractivity contribution in [2.24, 2.45) is 0 Å². The number of rotatable bonds is 3. The fourth-order valence-corrected chi connectivity index (χ4v) is 3.48. The normalized spacial score (nSPS) is 27.8. The predicted octanol–water partition coefficient (Wildman–Crippen LogP) is 2.84. The fraction of sp³-hybridized carbons (Fsp3) is 0.500. The van der Waals surface area contributed by atoms with E-state index in [4.69, 9.17) is 4.74 Å². The van der Waals surface area contributed by atoms with Gasteiger partial charge in [-0.1, -0.05) is 18.2 Å². The van der Waals surface area contributed by atoms with Crippen LogP contribution in [0.3, 0.4) is 0 Å². The van der Waals surface area contributed by atoms with Crippen molar-refractivity contribution >= 4 is 17.7 Å². The standard InChI is InChI=1S/C14H18O3S/c1-14(16)9-5-8-12(18-14)10-17-13(15)11-6-3-2-4-7-11/h2-4,6-7,12,16H,5,8-10H2,1H3. The summed E-state index contributed by atoms with van der Waals surface area (Å²) < 4.78 is 5.29. The molecule has 1 N–H and O–H groups in total. The molecule has 18 heavy (non-hydrogen) atoms. The van der Waals surface area contributed by atoms with Gasteiger partial charge in [-0.05, 0) is 38.3 Å². The molecule has 0 aliphatic carbocycles. The lowest BCUT2D eigenvalue weighted by atomic mass is 10.1. The maximum absolute atomic E-state index is 11.8. The first-order chi connectivity index (χ1) is 8.57. The molecule has 2 atom stereocenters. The Balaban J connectivity index is 1.83. The minimum Gasteiger partial charge on any atom is -0.461 e. The molecule has 1 fully saturated rings. The highest BCUT2D eigenvalue weighted by atomic mass is 32.2. The zero-order chi connectivity index (χ0) is 13.0. The highest BCUT2D eigenvalue weighted by molar-refractivity contribution is 8.01. The Morgan fingerprint density at radius 1 is 1.50 bits per heavy atom. The van der Waals surface area contributed by atoms with Crippen molar-refractivity contribution in [1.29, 1.82) is 0 Å². The lowest BCUT2D eigenvalue weighted by Gasteiger charge is -2.32. The van der Waals surface area contributed by atoms with E-state index in [1.165, 1.54) is 11.8 Å². The van der Waals surface area contributed by atoms with Crippen LogP contribution in [0.4, 0.5) is 0 Å². The van der Waals surface area contributed by atoms with Gasteiger partial charge >= 0.3 is 5.97 Å². The third kappa shape index (κ3) is 3.75. The monoisotopic (exact) mass is 266 g/mol. The topological polar surface area (TPSA) is 46.5 Å². The number of hydrogen-bond donors (Lipinski definition) is 1. The second-order valence-electron chi connectivity index (χ2n) is 4.77. The molecule has 1 aliphatic rings. The fourth-order valence-electron chi connectivity index (χ4n) is 2.08. The maximum atomic E-state index is 11.8. The molecule has 1 saturated heterocycles. The van der Waals surface area contributed by atoms with E-state index in [0.717, 1.165) is 19.3 Å². The van der Waals surface area contributed by atoms with Crippen molar-refractivity contribution in [1.82, 2.24) is 0 Å². The van der Waals surface area contributed by atoms with E-state index >= 15 is 0 Å². The first-order valence-electron chi connectivity index (χ1n) is 6.19. The molecule has 0 bridgehead atoms. The third-order valence-electron chi connectivity index (χ3n) is 3.00. The first kappa shape index (κ1) is 13.4. The maximum Gasteiger partial charge on any atom is 0.338 e. The molecule has 1 aliphatic heterocycles. The lowest BCUT2D eigenvalue weighted by Crippen LogP contribution is -2.31. The Labute approximate surface area is 112 Å². The number of carbonyl (C=O) groups is 1. The molecular formula is C14H18O3S. The summed E-state index contributed by atoms with van der Waals surface area (Å²) in [5, 5.41) is 10.1. The second kappa shape index (κ2) is 5.76. The van der Waals surface area contributed by atoms with Gasteiger partial charge in [0.05, 0.1) is 5.56 Å². The summed E-state index contributed by atoms with van der Waals surface area (Å²) in [5.41, 5.74) is 0.574. The van der Waals surface area contributed by atoms with Gasteiger partial charge in [-0.3, -0.25) is 0 Å². The highest BCUT2D eigenvalue weighted by Crippen LogP contribution is 2.38. The highest BCUT2D eigenvalue weighted by Gasteiger charge is 2.31. The van der Waals surface area contributed by atoms with Gasteiger partial charge in [0.25, 0.3) is 0 Å². The number of thioether (sulfide) groups is 1. The molecule has 2 unspecified atom stereocenters. The lowest BCUT2D eigenvalue weighted by molar-refractivity contribution is 0.0491. The van der Waals surface area contributed by atoms with Gasteiger partial charge in [0, 0.05) is 5.25 Å². The molecule has 0 aromatic heterocycles. The van der Waals surface area contributed by atoms with Crippen LogP contribution in [0.2, 0.25) is 0 Å². The van der Waals surface area contributed by atoms with Crippen LogP contribution in [-0.2, 0) is 4.74 Å². The van der Waals surface area contributed by atoms with Crippen molar-refractivity contribution in [3.05, 3.63) is 35.9 Å². The summed E-state index contributed by atoms with van der Waals surface area (Å²) in [6.45, 7) is 2.19. The molecule has 1 aromatic rings. The van der Waals surface area contributed by atoms with E-state index in [-0.39, 0.29) is 11.2 Å². The van der Waals surface area contributed by atoms with Gasteiger partial charge in [-0.25, -0.2) is 4.79 Å². The quantitative estimate of drug-likeness (QED) is 0.855. The van der Waals surface area contributed by atoms with Crippen LogP contribution in [-0.4, -0.2) is 27.9 Å². The predicted molar refractivity (Wildman–Crippen MR) is 72.6 cm³/mol. The summed E-state index contributed by atoms with van der Waals surface area (Å²) in [4.78, 5) is 11.1. The summed E-state index contributed by atoms with van der Waals surface area (Å²) in [6, 6.07) is 8.98. The zero-order valence-electron chi connectivity index (χ0n) is 10.5. The van der Waals surface area contributed by atoms with Crippen LogP contribution < -0.4 is 0 Å². The van der Waals surface area contributed by atoms with Crippen molar-refractivity contribution in [2.75, 3.05) is 6.61 Å². The molecule has 1 aromatic carbocycles. The summed E-state index contributed by atoms with van der Waals surface area (Å²) in [6.07, 6.45) is 2.78. The van der Waals surface area contributed by atoms with Gasteiger partial charge in [0.2, 0.25) is 0 Å². The van der Waals surface area contributed by atoms with E-state index in [1.807, 2.05) is 25.1 Å². The minimum atomic E-state index is -0.679. The van der Waals surface area contributed by atoms with Gasteiger partial charge in [-0.2, -0.15) is 0 Å².